The normalized spacial score (nSPS) is 13.8. The van der Waals surface area contributed by atoms with Crippen molar-refractivity contribution >= 4 is 11.8 Å². The number of nitrogens with one attached hydrogen (secondary N) is 2. The molecule has 0 aliphatic rings. The molecule has 0 aromatic rings. The lowest BCUT2D eigenvalue weighted by Gasteiger charge is -2.33. The van der Waals surface area contributed by atoms with E-state index in [1.165, 1.54) is 0 Å². The van der Waals surface area contributed by atoms with E-state index in [9.17, 15) is 9.59 Å². The number of carbonyl (C=O) groups is 2. The van der Waals surface area contributed by atoms with Crippen LogP contribution in [0, 0.1) is 5.41 Å². The molecule has 0 fully saturated rings. The molecule has 0 rings (SSSR count). The van der Waals surface area contributed by atoms with Crippen molar-refractivity contribution in [3.8, 4) is 0 Å². The molecule has 1 atom stereocenters. The monoisotopic (exact) mass is 272 g/mol. The van der Waals surface area contributed by atoms with Crippen molar-refractivity contribution in [2.45, 2.75) is 66.0 Å². The summed E-state index contributed by atoms with van der Waals surface area (Å²) < 4.78 is 0. The van der Waals surface area contributed by atoms with E-state index in [1.54, 1.807) is 0 Å². The second-order valence-electron chi connectivity index (χ2n) is 6.84. The minimum Gasteiger partial charge on any atom is -0.394 e. The van der Waals surface area contributed by atoms with Crippen LogP contribution >= 0.6 is 0 Å². The van der Waals surface area contributed by atoms with Crippen LogP contribution in [0.15, 0.2) is 0 Å². The highest BCUT2D eigenvalue weighted by Crippen LogP contribution is 2.26. The van der Waals surface area contributed by atoms with Gasteiger partial charge in [0, 0.05) is 5.54 Å². The largest absolute Gasteiger partial charge is 0.394 e. The Bertz CT molecular complexity index is 315. The van der Waals surface area contributed by atoms with E-state index in [0.29, 0.717) is 6.42 Å². The Morgan fingerprint density at radius 2 is 1.63 bits per heavy atom. The molecule has 0 spiro atoms. The van der Waals surface area contributed by atoms with Gasteiger partial charge in [-0.3, -0.25) is 9.59 Å². The van der Waals surface area contributed by atoms with Gasteiger partial charge in [0.1, 0.15) is 0 Å². The fourth-order valence-electron chi connectivity index (χ4n) is 2.26. The van der Waals surface area contributed by atoms with Gasteiger partial charge in [0.25, 0.3) is 0 Å². The Labute approximate surface area is 116 Å². The van der Waals surface area contributed by atoms with E-state index in [1.807, 2.05) is 20.8 Å². The van der Waals surface area contributed by atoms with Gasteiger partial charge in [0.05, 0.1) is 12.6 Å². The van der Waals surface area contributed by atoms with Gasteiger partial charge >= 0.3 is 11.8 Å². The van der Waals surface area contributed by atoms with E-state index >= 15 is 0 Å². The Morgan fingerprint density at radius 1 is 1.11 bits per heavy atom. The molecule has 3 N–H and O–H groups in total. The SMILES string of the molecule is CCC(CO)NC(=O)C(=O)NC(C)(C)CC(C)(C)C. The zero-order chi connectivity index (χ0) is 15.3. The highest BCUT2D eigenvalue weighted by molar-refractivity contribution is 6.35. The number of aliphatic hydroxyl groups excluding tert-OH is 1. The lowest BCUT2D eigenvalue weighted by Crippen LogP contribution is -2.53. The van der Waals surface area contributed by atoms with Gasteiger partial charge in [-0.2, -0.15) is 0 Å². The second-order valence-corrected chi connectivity index (χ2v) is 6.84. The Morgan fingerprint density at radius 3 is 2.00 bits per heavy atom. The molecule has 0 aliphatic carbocycles. The predicted octanol–water partition coefficient (Wildman–Crippen LogP) is 1.20. The van der Waals surface area contributed by atoms with Crippen LogP contribution in [0.1, 0.15) is 54.4 Å². The van der Waals surface area contributed by atoms with Gasteiger partial charge in [-0.15, -0.1) is 0 Å². The topological polar surface area (TPSA) is 78.4 Å². The van der Waals surface area contributed by atoms with Crippen LogP contribution in [-0.4, -0.2) is 35.1 Å². The Hall–Kier alpha value is -1.10. The number of aliphatic hydroxyl groups is 1. The maximum Gasteiger partial charge on any atom is 0.309 e. The summed E-state index contributed by atoms with van der Waals surface area (Å²) in [5.41, 5.74) is -0.391. The van der Waals surface area contributed by atoms with Crippen molar-refractivity contribution in [1.82, 2.24) is 10.6 Å². The van der Waals surface area contributed by atoms with Crippen LogP contribution in [0.5, 0.6) is 0 Å². The molecule has 5 nitrogen and oxygen atoms in total. The summed E-state index contributed by atoms with van der Waals surface area (Å²) >= 11 is 0. The summed E-state index contributed by atoms with van der Waals surface area (Å²) in [6, 6.07) is -0.371. The fourth-order valence-corrected chi connectivity index (χ4v) is 2.26. The van der Waals surface area contributed by atoms with Crippen molar-refractivity contribution in [2.75, 3.05) is 6.61 Å². The van der Waals surface area contributed by atoms with Crippen molar-refractivity contribution in [3.05, 3.63) is 0 Å². The van der Waals surface area contributed by atoms with Gasteiger partial charge in [-0.1, -0.05) is 27.7 Å². The van der Waals surface area contributed by atoms with Crippen LogP contribution in [0.25, 0.3) is 0 Å². The second kappa shape index (κ2) is 6.89. The minimum atomic E-state index is -0.692. The van der Waals surface area contributed by atoms with Gasteiger partial charge < -0.3 is 15.7 Å². The summed E-state index contributed by atoms with van der Waals surface area (Å²) in [7, 11) is 0. The van der Waals surface area contributed by atoms with E-state index in [4.69, 9.17) is 5.11 Å². The molecule has 19 heavy (non-hydrogen) atoms. The van der Waals surface area contributed by atoms with Crippen LogP contribution in [0.2, 0.25) is 0 Å². The van der Waals surface area contributed by atoms with Crippen LogP contribution in [-0.2, 0) is 9.59 Å². The summed E-state index contributed by atoms with van der Waals surface area (Å²) in [6.45, 7) is 11.7. The molecule has 0 aromatic heterocycles. The van der Waals surface area contributed by atoms with Gasteiger partial charge in [-0.25, -0.2) is 0 Å². The van der Waals surface area contributed by atoms with E-state index < -0.39 is 17.4 Å². The molecule has 0 bridgehead atoms. The van der Waals surface area contributed by atoms with Crippen molar-refractivity contribution in [3.63, 3.8) is 0 Å². The fraction of sp³-hybridized carbons (Fsp3) is 0.857. The first-order valence-corrected chi connectivity index (χ1v) is 6.74. The molecule has 0 aliphatic heterocycles. The van der Waals surface area contributed by atoms with Crippen molar-refractivity contribution in [2.24, 2.45) is 5.41 Å². The Balaban J connectivity index is 4.47. The molecule has 1 unspecified atom stereocenters. The zero-order valence-electron chi connectivity index (χ0n) is 13.0. The smallest absolute Gasteiger partial charge is 0.309 e. The Kier molecular flexibility index (Phi) is 6.49. The first kappa shape index (κ1) is 17.9. The first-order valence-electron chi connectivity index (χ1n) is 6.74. The standard InChI is InChI=1S/C14H28N2O3/c1-7-10(8-17)15-11(18)12(19)16-14(5,6)9-13(2,3)4/h10,17H,7-9H2,1-6H3,(H,15,18)(H,16,19). The molecular weight excluding hydrogens is 244 g/mol. The number of hydrogen-bond acceptors (Lipinski definition) is 3. The summed E-state index contributed by atoms with van der Waals surface area (Å²) in [5, 5.41) is 14.2. The van der Waals surface area contributed by atoms with E-state index in [0.717, 1.165) is 6.42 Å². The summed E-state index contributed by atoms with van der Waals surface area (Å²) in [5.74, 6) is -1.34. The van der Waals surface area contributed by atoms with E-state index in [-0.39, 0.29) is 18.1 Å². The molecule has 0 aromatic carbocycles. The minimum absolute atomic E-state index is 0.0598. The molecule has 112 valence electrons. The first-order chi connectivity index (χ1) is 8.50. The van der Waals surface area contributed by atoms with Crippen molar-refractivity contribution < 1.29 is 14.7 Å². The summed E-state index contributed by atoms with van der Waals surface area (Å²) in [4.78, 5) is 23.5. The number of carbonyl (C=O) groups excluding carboxylic acids is 2. The van der Waals surface area contributed by atoms with Gasteiger partial charge in [0.15, 0.2) is 0 Å². The van der Waals surface area contributed by atoms with Gasteiger partial charge in [-0.05, 0) is 32.1 Å². The average molecular weight is 272 g/mol. The number of amides is 2. The predicted molar refractivity (Wildman–Crippen MR) is 75.6 cm³/mol. The lowest BCUT2D eigenvalue weighted by molar-refractivity contribution is -0.141. The highest BCUT2D eigenvalue weighted by Gasteiger charge is 2.29. The maximum atomic E-state index is 11.8. The van der Waals surface area contributed by atoms with Crippen LogP contribution < -0.4 is 10.6 Å². The molecule has 0 heterocycles. The maximum absolute atomic E-state index is 11.8. The van der Waals surface area contributed by atoms with E-state index in [2.05, 4.69) is 31.4 Å². The number of rotatable bonds is 5. The third-order valence-electron chi connectivity index (χ3n) is 2.68. The zero-order valence-corrected chi connectivity index (χ0v) is 13.0. The van der Waals surface area contributed by atoms with Crippen molar-refractivity contribution in [1.29, 1.82) is 0 Å². The van der Waals surface area contributed by atoms with Crippen LogP contribution in [0.4, 0.5) is 0 Å². The molecular formula is C14H28N2O3. The molecule has 5 heteroatoms. The highest BCUT2D eigenvalue weighted by atomic mass is 16.3. The number of hydrogen-bond donors (Lipinski definition) is 3. The van der Waals surface area contributed by atoms with Gasteiger partial charge in [0.2, 0.25) is 0 Å². The molecule has 0 radical (unpaired) electrons. The molecule has 2 amide bonds. The molecule has 0 saturated carbocycles. The summed E-state index contributed by atoms with van der Waals surface area (Å²) in [6.07, 6.45) is 1.34. The quantitative estimate of drug-likeness (QED) is 0.658. The average Bonchev–Trinajstić information content (AvgIpc) is 2.21. The third-order valence-corrected chi connectivity index (χ3v) is 2.68. The third kappa shape index (κ3) is 7.82. The lowest BCUT2D eigenvalue weighted by atomic mass is 9.82. The van der Waals surface area contributed by atoms with Crippen LogP contribution in [0.3, 0.4) is 0 Å². The molecule has 0 saturated heterocycles.